The van der Waals surface area contributed by atoms with Crippen LogP contribution in [0.5, 0.6) is 11.5 Å². The van der Waals surface area contributed by atoms with Gasteiger partial charge in [0.15, 0.2) is 6.61 Å². The van der Waals surface area contributed by atoms with Gasteiger partial charge in [-0.25, -0.2) is 0 Å². The number of carbonyl (C=O) groups is 1. The van der Waals surface area contributed by atoms with E-state index in [2.05, 4.69) is 56.4 Å². The molecule has 0 aromatic heterocycles. The van der Waals surface area contributed by atoms with E-state index in [1.165, 1.54) is 10.8 Å². The quantitative estimate of drug-likeness (QED) is 0.362. The van der Waals surface area contributed by atoms with Crippen LogP contribution in [0.25, 0.3) is 0 Å². The summed E-state index contributed by atoms with van der Waals surface area (Å²) in [5, 5.41) is 11.2. The van der Waals surface area contributed by atoms with E-state index in [0.29, 0.717) is 17.9 Å². The fourth-order valence-corrected chi connectivity index (χ4v) is 10.7. The number of benzene rings is 3. The van der Waals surface area contributed by atoms with Gasteiger partial charge in [-0.2, -0.15) is 0 Å². The Hall–Kier alpha value is -3.13. The van der Waals surface area contributed by atoms with E-state index in [4.69, 9.17) is 14.2 Å². The van der Waals surface area contributed by atoms with Crippen LogP contribution < -0.4 is 19.6 Å². The number of methoxy groups -OCH3 is 1. The Morgan fingerprint density at radius 3 is 2.38 bits per heavy atom. The molecule has 4 atom stereocenters. The molecule has 2 aliphatic heterocycles. The Labute approximate surface area is 232 Å². The molecule has 1 saturated heterocycles. The fraction of sp³-hybridized carbons (Fsp3) is 0.406. The van der Waals surface area contributed by atoms with E-state index in [1.807, 2.05) is 36.4 Å². The topological polar surface area (TPSA) is 68.2 Å². The maximum Gasteiger partial charge on any atom is 0.269 e. The predicted molar refractivity (Wildman–Crippen MR) is 157 cm³/mol. The summed E-state index contributed by atoms with van der Waals surface area (Å²) >= 11 is 0. The first-order valence-corrected chi connectivity index (χ1v) is 17.0. The molecule has 1 fully saturated rings. The number of hydrogen-bond donors (Lipinski definition) is 1. The number of amides is 1. The number of fused-ring (bicyclic) bond motifs is 1. The number of ether oxygens (including phenoxy) is 3. The van der Waals surface area contributed by atoms with E-state index < -0.39 is 8.07 Å². The smallest absolute Gasteiger partial charge is 0.269 e. The number of hydrogen-bond acceptors (Lipinski definition) is 5. The summed E-state index contributed by atoms with van der Waals surface area (Å²) in [7, 11) is -0.202. The maximum absolute atomic E-state index is 12.7. The van der Waals surface area contributed by atoms with Gasteiger partial charge in [-0.15, -0.1) is 0 Å². The normalized spacial score (nSPS) is 22.9. The van der Waals surface area contributed by atoms with Gasteiger partial charge in [-0.3, -0.25) is 9.69 Å². The summed E-state index contributed by atoms with van der Waals surface area (Å²) in [5.74, 6) is 1.92. The third kappa shape index (κ3) is 5.48. The van der Waals surface area contributed by atoms with Crippen LogP contribution in [-0.4, -0.2) is 51.6 Å². The number of aliphatic hydroxyl groups is 1. The van der Waals surface area contributed by atoms with E-state index in [-0.39, 0.29) is 31.3 Å². The van der Waals surface area contributed by atoms with E-state index >= 15 is 0 Å². The molecular weight excluding hydrogens is 506 g/mol. The molecule has 0 spiro atoms. The lowest BCUT2D eigenvalue weighted by Gasteiger charge is -2.36. The highest BCUT2D eigenvalue weighted by Gasteiger charge is 2.50. The van der Waals surface area contributed by atoms with Crippen LogP contribution in [0.2, 0.25) is 18.6 Å². The SMILES string of the molecule is COc1ccc([Si](C)(C)[C@@H]2[C@@H](C)[C@@H](CCc3ccc(N4C(=O)COc5ccccc54)cc3)O[C@H]2CCO)cc1. The van der Waals surface area contributed by atoms with Crippen molar-refractivity contribution in [1.82, 2.24) is 0 Å². The molecule has 3 aromatic rings. The Morgan fingerprint density at radius 1 is 0.974 bits per heavy atom. The van der Waals surface area contributed by atoms with Gasteiger partial charge in [0.05, 0.1) is 33.1 Å². The van der Waals surface area contributed by atoms with Gasteiger partial charge < -0.3 is 19.3 Å². The summed E-state index contributed by atoms with van der Waals surface area (Å²) in [6.07, 6.45) is 2.69. The first-order valence-electron chi connectivity index (χ1n) is 13.9. The van der Waals surface area contributed by atoms with Crippen LogP contribution in [0.1, 0.15) is 25.3 Å². The lowest BCUT2D eigenvalue weighted by atomic mass is 9.95. The molecule has 0 bridgehead atoms. The van der Waals surface area contributed by atoms with Crippen LogP contribution in [-0.2, 0) is 16.0 Å². The summed E-state index contributed by atoms with van der Waals surface area (Å²) in [6.45, 7) is 7.36. The van der Waals surface area contributed by atoms with Gasteiger partial charge in [0.1, 0.15) is 11.5 Å². The summed E-state index contributed by atoms with van der Waals surface area (Å²) in [6, 6.07) is 24.4. The predicted octanol–water partition coefficient (Wildman–Crippen LogP) is 5.46. The number of anilines is 2. The number of rotatable bonds is 9. The zero-order chi connectivity index (χ0) is 27.6. The van der Waals surface area contributed by atoms with Crippen molar-refractivity contribution in [2.24, 2.45) is 5.92 Å². The van der Waals surface area contributed by atoms with E-state index in [9.17, 15) is 9.90 Å². The molecule has 0 aliphatic carbocycles. The van der Waals surface area contributed by atoms with Gasteiger partial charge in [0.25, 0.3) is 5.91 Å². The summed E-state index contributed by atoms with van der Waals surface area (Å²) in [5.41, 5.74) is 3.26. The largest absolute Gasteiger partial charge is 0.497 e. The van der Waals surface area contributed by atoms with Crippen LogP contribution in [0.4, 0.5) is 11.4 Å². The van der Waals surface area contributed by atoms with E-state index in [0.717, 1.165) is 35.7 Å². The van der Waals surface area contributed by atoms with Crippen molar-refractivity contribution in [1.29, 1.82) is 0 Å². The molecule has 39 heavy (non-hydrogen) atoms. The Kier molecular flexibility index (Phi) is 8.12. The second kappa shape index (κ2) is 11.5. The van der Waals surface area contributed by atoms with Gasteiger partial charge in [0.2, 0.25) is 0 Å². The minimum atomic E-state index is -1.90. The lowest BCUT2D eigenvalue weighted by molar-refractivity contribution is -0.120. The van der Waals surface area contributed by atoms with Crippen LogP contribution in [0.15, 0.2) is 72.8 Å². The van der Waals surface area contributed by atoms with Gasteiger partial charge in [-0.1, -0.05) is 61.6 Å². The highest BCUT2D eigenvalue weighted by atomic mass is 28.3. The molecule has 7 heteroatoms. The average Bonchev–Trinajstić information content (AvgIpc) is 3.27. The van der Waals surface area contributed by atoms with Crippen molar-refractivity contribution in [3.63, 3.8) is 0 Å². The second-order valence-corrected chi connectivity index (χ2v) is 15.9. The molecule has 0 unspecified atom stereocenters. The number of aryl methyl sites for hydroxylation is 1. The Balaban J connectivity index is 1.28. The maximum atomic E-state index is 12.7. The van der Waals surface area contributed by atoms with Crippen molar-refractivity contribution in [2.75, 3.05) is 25.2 Å². The zero-order valence-corrected chi connectivity index (χ0v) is 24.3. The molecule has 206 valence electrons. The molecule has 3 aromatic carbocycles. The van der Waals surface area contributed by atoms with Crippen molar-refractivity contribution in [2.45, 2.75) is 57.0 Å². The Morgan fingerprint density at radius 2 is 1.69 bits per heavy atom. The number of aliphatic hydroxyl groups excluding tert-OH is 1. The van der Waals surface area contributed by atoms with Crippen LogP contribution >= 0.6 is 0 Å². The molecule has 2 heterocycles. The molecule has 1 amide bonds. The third-order valence-corrected chi connectivity index (χ3v) is 13.0. The molecule has 2 aliphatic rings. The second-order valence-electron chi connectivity index (χ2n) is 11.3. The minimum absolute atomic E-state index is 0.0437. The van der Waals surface area contributed by atoms with Gasteiger partial charge >= 0.3 is 0 Å². The van der Waals surface area contributed by atoms with Crippen molar-refractivity contribution >= 4 is 30.5 Å². The summed E-state index contributed by atoms with van der Waals surface area (Å²) in [4.78, 5) is 14.4. The van der Waals surface area contributed by atoms with E-state index in [1.54, 1.807) is 12.0 Å². The molecule has 5 rings (SSSR count). The number of para-hydroxylation sites is 2. The first-order chi connectivity index (χ1) is 18.8. The van der Waals surface area contributed by atoms with Gasteiger partial charge in [0, 0.05) is 12.3 Å². The van der Waals surface area contributed by atoms with Crippen molar-refractivity contribution < 1.29 is 24.1 Å². The van der Waals surface area contributed by atoms with Gasteiger partial charge in [-0.05, 0) is 72.7 Å². The molecular formula is C32H39NO5Si. The standard InChI is InChI=1S/C32H39NO5Si/c1-22-28(38-30(19-20-34)32(22)39(3,4)26-16-14-25(36-2)15-17-26)18-11-23-9-12-24(13-10-23)33-27-7-5-6-8-29(27)37-21-31(33)35/h5-10,12-17,22,28,30,32,34H,11,18-21H2,1-4H3/t22-,28+,30-,32+/m0/s1. The highest BCUT2D eigenvalue weighted by molar-refractivity contribution is 6.91. The molecule has 1 N–H and O–H groups in total. The monoisotopic (exact) mass is 545 g/mol. The molecule has 6 nitrogen and oxygen atoms in total. The minimum Gasteiger partial charge on any atom is -0.497 e. The summed E-state index contributed by atoms with van der Waals surface area (Å²) < 4.78 is 17.6. The lowest BCUT2D eigenvalue weighted by Crippen LogP contribution is -2.50. The molecule has 0 saturated carbocycles. The fourth-order valence-electron chi connectivity index (χ4n) is 6.55. The van der Waals surface area contributed by atoms with Crippen molar-refractivity contribution in [3.8, 4) is 11.5 Å². The Bertz CT molecular complexity index is 1280. The van der Waals surface area contributed by atoms with Crippen LogP contribution in [0.3, 0.4) is 0 Å². The van der Waals surface area contributed by atoms with Crippen LogP contribution in [0, 0.1) is 5.92 Å². The average molecular weight is 546 g/mol. The third-order valence-electron chi connectivity index (χ3n) is 8.60. The molecule has 0 radical (unpaired) electrons. The number of carbonyl (C=O) groups excluding carboxylic acids is 1. The van der Waals surface area contributed by atoms with Crippen molar-refractivity contribution in [3.05, 3.63) is 78.4 Å². The highest BCUT2D eigenvalue weighted by Crippen LogP contribution is 2.46. The number of nitrogens with zero attached hydrogens (tertiary/aromatic N) is 1. The zero-order valence-electron chi connectivity index (χ0n) is 23.3. The first kappa shape index (κ1) is 27.4.